The molecular formula is C27H33N3O4. The van der Waals surface area contributed by atoms with E-state index in [9.17, 15) is 9.59 Å². The molecule has 5 rings (SSSR count). The van der Waals surface area contributed by atoms with Crippen molar-refractivity contribution in [1.82, 2.24) is 15.1 Å². The summed E-state index contributed by atoms with van der Waals surface area (Å²) < 4.78 is 11.1. The molecule has 3 amide bonds. The molecule has 7 heteroatoms. The zero-order valence-corrected chi connectivity index (χ0v) is 20.1. The van der Waals surface area contributed by atoms with Gasteiger partial charge in [-0.3, -0.25) is 4.79 Å². The highest BCUT2D eigenvalue weighted by Gasteiger charge is 2.49. The summed E-state index contributed by atoms with van der Waals surface area (Å²) in [4.78, 5) is 30.9. The van der Waals surface area contributed by atoms with Crippen LogP contribution in [-0.2, 0) is 11.2 Å². The van der Waals surface area contributed by atoms with Crippen molar-refractivity contribution >= 4 is 11.9 Å². The van der Waals surface area contributed by atoms with E-state index in [4.69, 9.17) is 9.47 Å². The number of hydrogen-bond acceptors (Lipinski definition) is 4. The quantitative estimate of drug-likeness (QED) is 0.742. The van der Waals surface area contributed by atoms with E-state index < -0.39 is 0 Å². The number of urea groups is 1. The Bertz CT molecular complexity index is 1070. The number of likely N-dealkylation sites (tertiary alicyclic amines) is 1. The summed E-state index contributed by atoms with van der Waals surface area (Å²) >= 11 is 0. The van der Waals surface area contributed by atoms with E-state index in [1.165, 1.54) is 5.56 Å². The Morgan fingerprint density at radius 3 is 2.56 bits per heavy atom. The van der Waals surface area contributed by atoms with Crippen molar-refractivity contribution in [1.29, 1.82) is 0 Å². The molecule has 34 heavy (non-hydrogen) atoms. The normalized spacial score (nSPS) is 24.4. The molecule has 0 saturated carbocycles. The lowest BCUT2D eigenvalue weighted by molar-refractivity contribution is -0.148. The second kappa shape index (κ2) is 9.20. The monoisotopic (exact) mass is 463 g/mol. The lowest BCUT2D eigenvalue weighted by Gasteiger charge is -2.51. The van der Waals surface area contributed by atoms with E-state index in [2.05, 4.69) is 5.32 Å². The van der Waals surface area contributed by atoms with E-state index in [1.54, 1.807) is 14.2 Å². The lowest BCUT2D eigenvalue weighted by Crippen LogP contribution is -2.61. The van der Waals surface area contributed by atoms with E-state index in [-0.39, 0.29) is 36.0 Å². The Kier molecular flexibility index (Phi) is 6.11. The maximum absolute atomic E-state index is 13.6. The van der Waals surface area contributed by atoms with Crippen LogP contribution in [0.5, 0.6) is 11.5 Å². The maximum atomic E-state index is 13.6. The molecule has 3 aliphatic rings. The number of fused-ring (bicyclic) bond motifs is 4. The molecule has 2 fully saturated rings. The van der Waals surface area contributed by atoms with Crippen molar-refractivity contribution in [3.8, 4) is 11.5 Å². The zero-order chi connectivity index (χ0) is 23.8. The molecule has 0 aromatic heterocycles. The number of hydrogen-bond donors (Lipinski definition) is 1. The second-order valence-electron chi connectivity index (χ2n) is 9.53. The zero-order valence-electron chi connectivity index (χ0n) is 20.1. The predicted molar refractivity (Wildman–Crippen MR) is 129 cm³/mol. The third kappa shape index (κ3) is 3.87. The highest BCUT2D eigenvalue weighted by molar-refractivity contribution is 5.84. The number of rotatable bonds is 4. The molecule has 0 spiro atoms. The molecule has 2 saturated heterocycles. The van der Waals surface area contributed by atoms with Gasteiger partial charge in [0.25, 0.3) is 0 Å². The van der Waals surface area contributed by atoms with Gasteiger partial charge in [0.15, 0.2) is 11.5 Å². The van der Waals surface area contributed by atoms with Crippen LogP contribution in [0, 0.1) is 5.92 Å². The Morgan fingerprint density at radius 2 is 1.82 bits per heavy atom. The van der Waals surface area contributed by atoms with Crippen molar-refractivity contribution in [3.63, 3.8) is 0 Å². The number of piperidine rings is 2. The Morgan fingerprint density at radius 1 is 1.09 bits per heavy atom. The minimum absolute atomic E-state index is 0.0581. The Hall–Kier alpha value is -3.22. The SMILES string of the molecule is COc1cc2c(cc1OC)[C@H]1C[C@H]3[C@H](CCCN3C(=O)N[C@H](C)c3ccccc3)C(=O)N1CC2. The first kappa shape index (κ1) is 22.6. The molecule has 180 valence electrons. The van der Waals surface area contributed by atoms with Crippen LogP contribution in [0.15, 0.2) is 42.5 Å². The average Bonchev–Trinajstić information content (AvgIpc) is 2.88. The van der Waals surface area contributed by atoms with Gasteiger partial charge in [0.05, 0.1) is 32.2 Å². The molecule has 3 heterocycles. The topological polar surface area (TPSA) is 71.1 Å². The van der Waals surface area contributed by atoms with E-state index in [0.29, 0.717) is 24.6 Å². The van der Waals surface area contributed by atoms with Gasteiger partial charge in [0.1, 0.15) is 0 Å². The van der Waals surface area contributed by atoms with Crippen LogP contribution in [0.3, 0.4) is 0 Å². The van der Waals surface area contributed by atoms with Crippen LogP contribution in [0.25, 0.3) is 0 Å². The maximum Gasteiger partial charge on any atom is 0.318 e. The van der Waals surface area contributed by atoms with Gasteiger partial charge in [-0.25, -0.2) is 4.79 Å². The largest absolute Gasteiger partial charge is 0.493 e. The Balaban J connectivity index is 1.41. The van der Waals surface area contributed by atoms with E-state index in [0.717, 1.165) is 36.8 Å². The van der Waals surface area contributed by atoms with Crippen molar-refractivity contribution in [3.05, 3.63) is 59.2 Å². The van der Waals surface area contributed by atoms with Gasteiger partial charge in [-0.1, -0.05) is 30.3 Å². The fourth-order valence-corrected chi connectivity index (χ4v) is 5.97. The van der Waals surface area contributed by atoms with Crippen LogP contribution in [0.1, 0.15) is 55.0 Å². The molecule has 0 unspecified atom stereocenters. The lowest BCUT2D eigenvalue weighted by atomic mass is 9.76. The van der Waals surface area contributed by atoms with Gasteiger partial charge in [-0.15, -0.1) is 0 Å². The van der Waals surface area contributed by atoms with Gasteiger partial charge in [0, 0.05) is 19.1 Å². The minimum Gasteiger partial charge on any atom is -0.493 e. The number of nitrogens with one attached hydrogen (secondary N) is 1. The Labute approximate surface area is 201 Å². The number of amides is 3. The van der Waals surface area contributed by atoms with Gasteiger partial charge in [-0.2, -0.15) is 0 Å². The summed E-state index contributed by atoms with van der Waals surface area (Å²) in [5.41, 5.74) is 3.37. The van der Waals surface area contributed by atoms with Crippen LogP contribution in [-0.4, -0.2) is 55.1 Å². The molecule has 0 radical (unpaired) electrons. The molecule has 7 nitrogen and oxygen atoms in total. The van der Waals surface area contributed by atoms with Gasteiger partial charge >= 0.3 is 6.03 Å². The predicted octanol–water partition coefficient (Wildman–Crippen LogP) is 4.08. The van der Waals surface area contributed by atoms with Crippen molar-refractivity contribution < 1.29 is 19.1 Å². The highest BCUT2D eigenvalue weighted by atomic mass is 16.5. The highest BCUT2D eigenvalue weighted by Crippen LogP contribution is 2.46. The molecule has 1 N–H and O–H groups in total. The van der Waals surface area contributed by atoms with Crippen LogP contribution >= 0.6 is 0 Å². The number of ether oxygens (including phenoxy) is 2. The summed E-state index contributed by atoms with van der Waals surface area (Å²) in [6.45, 7) is 3.37. The third-order valence-electron chi connectivity index (χ3n) is 7.75. The van der Waals surface area contributed by atoms with Crippen molar-refractivity contribution in [2.24, 2.45) is 5.92 Å². The number of benzene rings is 2. The molecule has 4 atom stereocenters. The molecule has 0 aliphatic carbocycles. The van der Waals surface area contributed by atoms with Gasteiger partial charge in [0.2, 0.25) is 5.91 Å². The average molecular weight is 464 g/mol. The third-order valence-corrected chi connectivity index (χ3v) is 7.75. The summed E-state index contributed by atoms with van der Waals surface area (Å²) in [6.07, 6.45) is 3.23. The first-order valence-electron chi connectivity index (χ1n) is 12.2. The molecule has 2 aromatic rings. The standard InChI is InChI=1S/C27H33N3O4/c1-17(18-8-5-4-6-9-18)28-27(32)30-12-7-10-20-22(30)16-23-21-15-25(34-3)24(33-2)14-19(21)11-13-29(23)26(20)31/h4-6,8-9,14-15,17,20,22-23H,7,10-13,16H2,1-3H3,(H,28,32)/t17-,20+,22+,23-/m1/s1. The summed E-state index contributed by atoms with van der Waals surface area (Å²) in [5.74, 6) is 1.43. The first-order valence-corrected chi connectivity index (χ1v) is 12.2. The molecular weight excluding hydrogens is 430 g/mol. The summed E-state index contributed by atoms with van der Waals surface area (Å²) in [6, 6.07) is 13.7. The summed E-state index contributed by atoms with van der Waals surface area (Å²) in [5, 5.41) is 3.16. The van der Waals surface area contributed by atoms with Crippen LogP contribution in [0.2, 0.25) is 0 Å². The molecule has 2 aromatic carbocycles. The van der Waals surface area contributed by atoms with Crippen LogP contribution in [0.4, 0.5) is 4.79 Å². The number of methoxy groups -OCH3 is 2. The number of carbonyl (C=O) groups excluding carboxylic acids is 2. The molecule has 3 aliphatic heterocycles. The van der Waals surface area contributed by atoms with Gasteiger partial charge in [-0.05, 0) is 61.4 Å². The van der Waals surface area contributed by atoms with Crippen molar-refractivity contribution in [2.45, 2.75) is 50.7 Å². The van der Waals surface area contributed by atoms with Crippen LogP contribution < -0.4 is 14.8 Å². The smallest absolute Gasteiger partial charge is 0.318 e. The van der Waals surface area contributed by atoms with E-state index >= 15 is 0 Å². The number of carbonyl (C=O) groups is 2. The number of nitrogens with zero attached hydrogens (tertiary/aromatic N) is 2. The van der Waals surface area contributed by atoms with Gasteiger partial charge < -0.3 is 24.6 Å². The van der Waals surface area contributed by atoms with Crippen molar-refractivity contribution in [2.75, 3.05) is 27.3 Å². The minimum atomic E-state index is -0.135. The van der Waals surface area contributed by atoms with E-state index in [1.807, 2.05) is 59.2 Å². The molecule has 0 bridgehead atoms. The second-order valence-corrected chi connectivity index (χ2v) is 9.53. The summed E-state index contributed by atoms with van der Waals surface area (Å²) in [7, 11) is 3.27. The fourth-order valence-electron chi connectivity index (χ4n) is 5.97. The first-order chi connectivity index (χ1) is 16.5. The fraction of sp³-hybridized carbons (Fsp3) is 0.481.